The zero-order valence-electron chi connectivity index (χ0n) is 20.1. The Morgan fingerprint density at radius 1 is 1.08 bits per heavy atom. The highest BCUT2D eigenvalue weighted by molar-refractivity contribution is 6.00. The van der Waals surface area contributed by atoms with Crippen molar-refractivity contribution < 1.29 is 29.0 Å². The first-order valence-electron chi connectivity index (χ1n) is 11.5. The van der Waals surface area contributed by atoms with Gasteiger partial charge in [-0.1, -0.05) is 36.4 Å². The normalized spacial score (nSPS) is 13.5. The second-order valence-electron chi connectivity index (χ2n) is 8.35. The zero-order chi connectivity index (χ0) is 26.1. The van der Waals surface area contributed by atoms with Crippen molar-refractivity contribution in [1.29, 1.82) is 0 Å². The predicted molar refractivity (Wildman–Crippen MR) is 132 cm³/mol. The maximum absolute atomic E-state index is 13.3. The first kappa shape index (κ1) is 26.5. The van der Waals surface area contributed by atoms with Crippen LogP contribution in [0, 0.1) is 0 Å². The third-order valence-corrected chi connectivity index (χ3v) is 5.78. The molecule has 11 heteroatoms. The minimum Gasteiger partial charge on any atom is -0.478 e. The van der Waals surface area contributed by atoms with Crippen LogP contribution >= 0.6 is 0 Å². The molecule has 0 saturated heterocycles. The van der Waals surface area contributed by atoms with E-state index in [1.54, 1.807) is 18.2 Å². The van der Waals surface area contributed by atoms with E-state index in [0.29, 0.717) is 23.5 Å². The van der Waals surface area contributed by atoms with Gasteiger partial charge in [-0.3, -0.25) is 24.8 Å². The lowest BCUT2D eigenvalue weighted by Gasteiger charge is -2.39. The van der Waals surface area contributed by atoms with Crippen molar-refractivity contribution in [3.05, 3.63) is 59.7 Å². The number of carbonyl (C=O) groups excluding carboxylic acids is 2. The molecule has 3 rings (SSSR count). The van der Waals surface area contributed by atoms with Crippen LogP contribution in [0.5, 0.6) is 11.5 Å². The minimum absolute atomic E-state index is 0.0426. The van der Waals surface area contributed by atoms with Crippen LogP contribution in [-0.4, -0.2) is 52.8 Å². The van der Waals surface area contributed by atoms with Crippen LogP contribution < -0.4 is 26.3 Å². The van der Waals surface area contributed by atoms with E-state index < -0.39 is 23.4 Å². The van der Waals surface area contributed by atoms with Gasteiger partial charge in [0.1, 0.15) is 0 Å². The lowest BCUT2D eigenvalue weighted by atomic mass is 9.98. The molecule has 1 aliphatic rings. The Bertz CT molecular complexity index is 1120. The molecule has 2 aromatic rings. The number of nitrogens with zero attached hydrogens (tertiary/aromatic N) is 2. The summed E-state index contributed by atoms with van der Waals surface area (Å²) in [6, 6.07) is 14.5. The van der Waals surface area contributed by atoms with E-state index >= 15 is 0 Å². The Morgan fingerprint density at radius 3 is 2.47 bits per heavy atom. The van der Waals surface area contributed by atoms with Crippen LogP contribution in [0.1, 0.15) is 37.3 Å². The molecule has 1 atom stereocenters. The molecule has 0 radical (unpaired) electrons. The quantitative estimate of drug-likeness (QED) is 0.146. The molecular weight excluding hydrogens is 466 g/mol. The van der Waals surface area contributed by atoms with Gasteiger partial charge in [-0.25, -0.2) is 4.79 Å². The number of amides is 2. The molecule has 0 fully saturated rings. The summed E-state index contributed by atoms with van der Waals surface area (Å²) >= 11 is 0. The standard InChI is InChI=1S/C25H31N5O6/c1-17(31)30(22(32)11-9-18-6-3-2-4-7-18)25(23(33)34,12-5-13-28-24(26)27)29-15-19-8-10-20-21(14-19)36-16-35-20/h2-4,6-8,10,14,29H,5,9,11-13,15-16H2,1H3,(H,33,34)(H4,26,27,28)/t25-/m0/s1. The number of hydrogen-bond acceptors (Lipinski definition) is 7. The second-order valence-corrected chi connectivity index (χ2v) is 8.35. The molecule has 36 heavy (non-hydrogen) atoms. The summed E-state index contributed by atoms with van der Waals surface area (Å²) in [5.74, 6) is -1.67. The average molecular weight is 498 g/mol. The molecule has 2 aromatic carbocycles. The Labute approximate surface area is 209 Å². The number of aryl methyl sites for hydroxylation is 1. The number of guanidine groups is 1. The molecule has 192 valence electrons. The summed E-state index contributed by atoms with van der Waals surface area (Å²) in [5.41, 5.74) is 10.3. The number of aliphatic imine (C=N–C) groups is 1. The van der Waals surface area contributed by atoms with Crippen molar-refractivity contribution in [2.24, 2.45) is 16.5 Å². The van der Waals surface area contributed by atoms with E-state index in [9.17, 15) is 19.5 Å². The largest absolute Gasteiger partial charge is 0.478 e. The molecule has 6 N–H and O–H groups in total. The van der Waals surface area contributed by atoms with E-state index in [2.05, 4.69) is 10.3 Å². The predicted octanol–water partition coefficient (Wildman–Crippen LogP) is 1.35. The van der Waals surface area contributed by atoms with Crippen LogP contribution in [0.25, 0.3) is 0 Å². The smallest absolute Gasteiger partial charge is 0.345 e. The highest BCUT2D eigenvalue weighted by Gasteiger charge is 2.48. The first-order valence-corrected chi connectivity index (χ1v) is 11.5. The van der Waals surface area contributed by atoms with Crippen LogP contribution in [0.3, 0.4) is 0 Å². The molecular formula is C25H31N5O6. The molecule has 11 nitrogen and oxygen atoms in total. The number of nitrogens with one attached hydrogen (secondary N) is 1. The van der Waals surface area contributed by atoms with Crippen LogP contribution in [0.4, 0.5) is 0 Å². The van der Waals surface area contributed by atoms with E-state index in [-0.39, 0.29) is 45.1 Å². The number of carboxylic acids is 1. The van der Waals surface area contributed by atoms with Crippen LogP contribution in [-0.2, 0) is 27.3 Å². The third-order valence-electron chi connectivity index (χ3n) is 5.78. The molecule has 0 unspecified atom stereocenters. The van der Waals surface area contributed by atoms with Gasteiger partial charge in [0.15, 0.2) is 23.1 Å². The Hall–Kier alpha value is -4.12. The fourth-order valence-corrected chi connectivity index (χ4v) is 4.06. The maximum Gasteiger partial charge on any atom is 0.345 e. The summed E-state index contributed by atoms with van der Waals surface area (Å²) in [6.45, 7) is 1.45. The first-order chi connectivity index (χ1) is 17.2. The van der Waals surface area contributed by atoms with Crippen LogP contribution in [0.15, 0.2) is 53.5 Å². The summed E-state index contributed by atoms with van der Waals surface area (Å²) in [4.78, 5) is 43.5. The van der Waals surface area contributed by atoms with Gasteiger partial charge in [-0.15, -0.1) is 0 Å². The summed E-state index contributed by atoms with van der Waals surface area (Å²) < 4.78 is 10.7. The molecule has 0 bridgehead atoms. The number of imide groups is 1. The molecule has 0 spiro atoms. The summed E-state index contributed by atoms with van der Waals surface area (Å²) in [7, 11) is 0. The van der Waals surface area contributed by atoms with Gasteiger partial charge >= 0.3 is 5.97 Å². The van der Waals surface area contributed by atoms with Crippen molar-refractivity contribution in [2.45, 2.75) is 44.8 Å². The minimum atomic E-state index is -2.02. The van der Waals surface area contributed by atoms with Gasteiger partial charge < -0.3 is 26.0 Å². The number of carboxylic acid groups (broad SMARTS) is 1. The van der Waals surface area contributed by atoms with Gasteiger partial charge in [-0.05, 0) is 42.5 Å². The van der Waals surface area contributed by atoms with Crippen molar-refractivity contribution >= 4 is 23.7 Å². The molecule has 0 aliphatic carbocycles. The number of benzene rings is 2. The maximum atomic E-state index is 13.3. The molecule has 0 aromatic heterocycles. The number of ether oxygens (including phenoxy) is 2. The zero-order valence-corrected chi connectivity index (χ0v) is 20.1. The number of hydrogen-bond donors (Lipinski definition) is 4. The monoisotopic (exact) mass is 497 g/mol. The number of nitrogens with two attached hydrogens (primary N) is 2. The van der Waals surface area contributed by atoms with Crippen molar-refractivity contribution in [1.82, 2.24) is 10.2 Å². The second kappa shape index (κ2) is 12.0. The highest BCUT2D eigenvalue weighted by Crippen LogP contribution is 2.33. The number of carbonyl (C=O) groups is 3. The van der Waals surface area contributed by atoms with E-state index in [4.69, 9.17) is 20.9 Å². The van der Waals surface area contributed by atoms with E-state index in [1.165, 1.54) is 6.92 Å². The third kappa shape index (κ3) is 6.51. The molecule has 0 saturated carbocycles. The van der Waals surface area contributed by atoms with Gasteiger partial charge in [0, 0.05) is 26.4 Å². The van der Waals surface area contributed by atoms with Crippen molar-refractivity contribution in [3.63, 3.8) is 0 Å². The summed E-state index contributed by atoms with van der Waals surface area (Å²) in [5, 5.41) is 13.3. The van der Waals surface area contributed by atoms with Gasteiger partial charge in [0.25, 0.3) is 0 Å². The molecule has 1 heterocycles. The fourth-order valence-electron chi connectivity index (χ4n) is 4.06. The fraction of sp³-hybridized carbons (Fsp3) is 0.360. The Morgan fingerprint density at radius 2 is 1.81 bits per heavy atom. The lowest BCUT2D eigenvalue weighted by Crippen LogP contribution is -2.67. The van der Waals surface area contributed by atoms with Gasteiger partial charge in [0.05, 0.1) is 0 Å². The van der Waals surface area contributed by atoms with Gasteiger partial charge in [-0.2, -0.15) is 0 Å². The number of fused-ring (bicyclic) bond motifs is 1. The lowest BCUT2D eigenvalue weighted by molar-refractivity contribution is -0.169. The average Bonchev–Trinajstić information content (AvgIpc) is 3.31. The number of rotatable bonds is 12. The SMILES string of the molecule is CC(=O)N(C(=O)CCc1ccccc1)[C@](CCCN=C(N)N)(NCc1ccc2c(c1)OCO2)C(=O)O. The number of aliphatic carboxylic acids is 1. The van der Waals surface area contributed by atoms with Crippen molar-refractivity contribution in [3.8, 4) is 11.5 Å². The van der Waals surface area contributed by atoms with E-state index in [1.807, 2.05) is 30.3 Å². The van der Waals surface area contributed by atoms with Crippen molar-refractivity contribution in [2.75, 3.05) is 13.3 Å². The Kier molecular flexibility index (Phi) is 8.85. The highest BCUT2D eigenvalue weighted by atomic mass is 16.7. The van der Waals surface area contributed by atoms with Crippen LogP contribution in [0.2, 0.25) is 0 Å². The van der Waals surface area contributed by atoms with E-state index in [0.717, 1.165) is 10.5 Å². The topological polar surface area (TPSA) is 170 Å². The Balaban J connectivity index is 1.87. The molecule has 1 aliphatic heterocycles. The summed E-state index contributed by atoms with van der Waals surface area (Å²) in [6.07, 6.45) is 0.405. The van der Waals surface area contributed by atoms with Gasteiger partial charge in [0.2, 0.25) is 18.6 Å². The molecule has 2 amide bonds.